The van der Waals surface area contributed by atoms with E-state index in [2.05, 4.69) is 21.2 Å². The summed E-state index contributed by atoms with van der Waals surface area (Å²) in [4.78, 5) is 25.6. The van der Waals surface area contributed by atoms with Crippen molar-refractivity contribution in [1.82, 2.24) is 10.2 Å². The molecule has 7 heteroatoms. The number of halogens is 1. The van der Waals surface area contributed by atoms with Crippen molar-refractivity contribution < 1.29 is 19.4 Å². The van der Waals surface area contributed by atoms with Crippen LogP contribution in [0.5, 0.6) is 5.75 Å². The Balaban J connectivity index is 1.55. The Morgan fingerprint density at radius 1 is 1.26 bits per heavy atom. The standard InChI is InChI=1S/C16H19BrN2O4/c17-11-3-5-13(6-4-11)23-10-12(20)9-19-14(21)16(18-15(19)22)7-1-2-8-16/h3-6,12,20H,1-2,7-10H2,(H,18,22)/t12-/m0/s1. The van der Waals surface area contributed by atoms with Gasteiger partial charge in [-0.25, -0.2) is 4.79 Å². The molecule has 1 aliphatic heterocycles. The molecular weight excluding hydrogens is 364 g/mol. The summed E-state index contributed by atoms with van der Waals surface area (Å²) in [5, 5.41) is 12.9. The van der Waals surface area contributed by atoms with E-state index in [-0.39, 0.29) is 19.1 Å². The van der Waals surface area contributed by atoms with E-state index >= 15 is 0 Å². The third-order valence-corrected chi connectivity index (χ3v) is 4.88. The quantitative estimate of drug-likeness (QED) is 0.763. The third-order valence-electron chi connectivity index (χ3n) is 4.35. The van der Waals surface area contributed by atoms with Gasteiger partial charge in [0.2, 0.25) is 0 Å². The first-order valence-corrected chi connectivity index (χ1v) is 8.50. The topological polar surface area (TPSA) is 78.9 Å². The summed E-state index contributed by atoms with van der Waals surface area (Å²) in [5.74, 6) is 0.402. The molecular formula is C16H19BrN2O4. The summed E-state index contributed by atoms with van der Waals surface area (Å²) < 4.78 is 6.42. The number of imide groups is 1. The number of β-amino-alcohol motifs (C(OH)–C–C–N with tert-alkyl or cyclic N) is 1. The minimum absolute atomic E-state index is 0.0195. The minimum Gasteiger partial charge on any atom is -0.491 e. The number of carbonyl (C=O) groups excluding carboxylic acids is 2. The number of hydrogen-bond donors (Lipinski definition) is 2. The second-order valence-electron chi connectivity index (χ2n) is 6.05. The van der Waals surface area contributed by atoms with Crippen molar-refractivity contribution in [1.29, 1.82) is 0 Å². The second kappa shape index (κ2) is 6.49. The number of ether oxygens (including phenoxy) is 1. The fourth-order valence-corrected chi connectivity index (χ4v) is 3.41. The molecule has 1 aromatic rings. The molecule has 2 aliphatic rings. The van der Waals surface area contributed by atoms with Gasteiger partial charge < -0.3 is 15.2 Å². The molecule has 1 saturated heterocycles. The van der Waals surface area contributed by atoms with E-state index in [0.29, 0.717) is 18.6 Å². The number of nitrogens with zero attached hydrogens (tertiary/aromatic N) is 1. The van der Waals surface area contributed by atoms with Gasteiger partial charge >= 0.3 is 6.03 Å². The van der Waals surface area contributed by atoms with Gasteiger partial charge in [0.05, 0.1) is 6.54 Å². The molecule has 3 rings (SSSR count). The Morgan fingerprint density at radius 3 is 2.57 bits per heavy atom. The van der Waals surface area contributed by atoms with Gasteiger partial charge in [0.1, 0.15) is 24.0 Å². The van der Waals surface area contributed by atoms with Crippen LogP contribution in [0, 0.1) is 0 Å². The van der Waals surface area contributed by atoms with Gasteiger partial charge in [0.25, 0.3) is 5.91 Å². The average Bonchev–Trinajstić information content (AvgIpc) is 3.08. The first kappa shape index (κ1) is 16.3. The highest BCUT2D eigenvalue weighted by Crippen LogP contribution is 2.35. The van der Waals surface area contributed by atoms with E-state index < -0.39 is 17.7 Å². The summed E-state index contributed by atoms with van der Waals surface area (Å²) in [5.41, 5.74) is -0.733. The van der Waals surface area contributed by atoms with E-state index in [0.717, 1.165) is 22.2 Å². The Labute approximate surface area is 142 Å². The van der Waals surface area contributed by atoms with Crippen LogP contribution in [0.3, 0.4) is 0 Å². The van der Waals surface area contributed by atoms with Gasteiger partial charge in [0.15, 0.2) is 0 Å². The third kappa shape index (κ3) is 3.35. The molecule has 1 heterocycles. The fraction of sp³-hybridized carbons (Fsp3) is 0.500. The van der Waals surface area contributed by atoms with Crippen LogP contribution in [0.4, 0.5) is 4.79 Å². The lowest BCUT2D eigenvalue weighted by atomic mass is 9.98. The van der Waals surface area contributed by atoms with E-state index in [4.69, 9.17) is 4.74 Å². The molecule has 1 aromatic carbocycles. The van der Waals surface area contributed by atoms with Gasteiger partial charge in [0, 0.05) is 4.47 Å². The highest BCUT2D eigenvalue weighted by Gasteiger charge is 2.52. The Hall–Kier alpha value is -1.60. The summed E-state index contributed by atoms with van der Waals surface area (Å²) in [6, 6.07) is 6.81. The molecule has 0 radical (unpaired) electrons. The van der Waals surface area contributed by atoms with Crippen LogP contribution in [0.25, 0.3) is 0 Å². The molecule has 2 N–H and O–H groups in total. The normalized spacial score (nSPS) is 20.9. The van der Waals surface area contributed by atoms with Crippen molar-refractivity contribution in [3.63, 3.8) is 0 Å². The van der Waals surface area contributed by atoms with Crippen LogP contribution in [0.15, 0.2) is 28.7 Å². The smallest absolute Gasteiger partial charge is 0.325 e. The lowest BCUT2D eigenvalue weighted by molar-refractivity contribution is -0.132. The van der Waals surface area contributed by atoms with Gasteiger partial charge in [-0.1, -0.05) is 28.8 Å². The first-order valence-electron chi connectivity index (χ1n) is 7.71. The van der Waals surface area contributed by atoms with Crippen LogP contribution in [-0.4, -0.2) is 46.7 Å². The molecule has 1 spiro atoms. The van der Waals surface area contributed by atoms with Gasteiger partial charge in [-0.2, -0.15) is 0 Å². The molecule has 1 aliphatic carbocycles. The van der Waals surface area contributed by atoms with Crippen LogP contribution < -0.4 is 10.1 Å². The summed E-state index contributed by atoms with van der Waals surface area (Å²) in [6.45, 7) is -0.0331. The number of aliphatic hydroxyl groups excluding tert-OH is 1. The maximum absolute atomic E-state index is 12.5. The molecule has 1 saturated carbocycles. The van der Waals surface area contributed by atoms with E-state index in [9.17, 15) is 14.7 Å². The summed E-state index contributed by atoms with van der Waals surface area (Å²) >= 11 is 3.33. The number of urea groups is 1. The number of amides is 3. The van der Waals surface area contributed by atoms with Crippen LogP contribution in [0.2, 0.25) is 0 Å². The molecule has 23 heavy (non-hydrogen) atoms. The average molecular weight is 383 g/mol. The van der Waals surface area contributed by atoms with E-state index in [1.807, 2.05) is 12.1 Å². The zero-order valence-corrected chi connectivity index (χ0v) is 14.2. The van der Waals surface area contributed by atoms with Crippen LogP contribution in [0.1, 0.15) is 25.7 Å². The Kier molecular flexibility index (Phi) is 4.59. The van der Waals surface area contributed by atoms with Gasteiger partial charge in [-0.3, -0.25) is 9.69 Å². The maximum Gasteiger partial charge on any atom is 0.325 e. The van der Waals surface area contributed by atoms with Crippen molar-refractivity contribution in [2.24, 2.45) is 0 Å². The zero-order valence-electron chi connectivity index (χ0n) is 12.6. The summed E-state index contributed by atoms with van der Waals surface area (Å²) in [7, 11) is 0. The minimum atomic E-state index is -0.926. The summed E-state index contributed by atoms with van der Waals surface area (Å²) in [6.07, 6.45) is 2.31. The molecule has 0 bridgehead atoms. The number of aliphatic hydroxyl groups is 1. The molecule has 0 aromatic heterocycles. The van der Waals surface area contributed by atoms with Crippen molar-refractivity contribution >= 4 is 27.9 Å². The molecule has 6 nitrogen and oxygen atoms in total. The first-order chi connectivity index (χ1) is 11.0. The molecule has 124 valence electrons. The maximum atomic E-state index is 12.5. The predicted molar refractivity (Wildman–Crippen MR) is 87.1 cm³/mol. The largest absolute Gasteiger partial charge is 0.491 e. The van der Waals surface area contributed by atoms with Gasteiger partial charge in [-0.15, -0.1) is 0 Å². The fourth-order valence-electron chi connectivity index (χ4n) is 3.15. The van der Waals surface area contributed by atoms with Crippen molar-refractivity contribution in [2.75, 3.05) is 13.2 Å². The van der Waals surface area contributed by atoms with Crippen molar-refractivity contribution in [3.8, 4) is 5.75 Å². The molecule has 0 unspecified atom stereocenters. The lowest BCUT2D eigenvalue weighted by Crippen LogP contribution is -2.45. The zero-order chi connectivity index (χ0) is 16.4. The highest BCUT2D eigenvalue weighted by atomic mass is 79.9. The lowest BCUT2D eigenvalue weighted by Gasteiger charge is -2.21. The predicted octanol–water partition coefficient (Wildman–Crippen LogP) is 2.05. The molecule has 3 amide bonds. The number of nitrogens with one attached hydrogen (secondary N) is 1. The van der Waals surface area contributed by atoms with Crippen LogP contribution >= 0.6 is 15.9 Å². The number of hydrogen-bond acceptors (Lipinski definition) is 4. The van der Waals surface area contributed by atoms with Crippen molar-refractivity contribution in [3.05, 3.63) is 28.7 Å². The Morgan fingerprint density at radius 2 is 1.91 bits per heavy atom. The van der Waals surface area contributed by atoms with E-state index in [1.54, 1.807) is 12.1 Å². The Bertz CT molecular complexity index is 599. The monoisotopic (exact) mass is 382 g/mol. The number of carbonyl (C=O) groups is 2. The molecule has 1 atom stereocenters. The SMILES string of the molecule is O=C1NC2(CCCC2)C(=O)N1C[C@H](O)COc1ccc(Br)cc1. The van der Waals surface area contributed by atoms with Gasteiger partial charge in [-0.05, 0) is 37.1 Å². The van der Waals surface area contributed by atoms with Crippen LogP contribution in [-0.2, 0) is 4.79 Å². The number of rotatable bonds is 5. The van der Waals surface area contributed by atoms with Crippen molar-refractivity contribution in [2.45, 2.75) is 37.3 Å². The number of benzene rings is 1. The van der Waals surface area contributed by atoms with E-state index in [1.165, 1.54) is 0 Å². The second-order valence-corrected chi connectivity index (χ2v) is 6.97. The molecule has 2 fully saturated rings. The highest BCUT2D eigenvalue weighted by molar-refractivity contribution is 9.10.